The molecule has 1 aliphatic heterocycles. The first kappa shape index (κ1) is 17.2. The van der Waals surface area contributed by atoms with Gasteiger partial charge in [0.2, 0.25) is 0 Å². The summed E-state index contributed by atoms with van der Waals surface area (Å²) in [4.78, 5) is 18.3. The van der Waals surface area contributed by atoms with Gasteiger partial charge in [0.05, 0.1) is 11.2 Å². The van der Waals surface area contributed by atoms with Crippen LogP contribution in [0.3, 0.4) is 0 Å². The predicted molar refractivity (Wildman–Crippen MR) is 89.3 cm³/mol. The number of nitrogens with zero attached hydrogens (tertiary/aromatic N) is 2. The third-order valence-corrected chi connectivity index (χ3v) is 4.31. The number of hydrogen-bond donors (Lipinski definition) is 1. The molecule has 2 heterocycles. The Balaban J connectivity index is 1.71. The van der Waals surface area contributed by atoms with Crippen LogP contribution in [0.25, 0.3) is 0 Å². The highest BCUT2D eigenvalue weighted by atomic mass is 32.1. The van der Waals surface area contributed by atoms with E-state index in [1.54, 1.807) is 11.3 Å². The van der Waals surface area contributed by atoms with E-state index in [1.165, 1.54) is 0 Å². The van der Waals surface area contributed by atoms with E-state index in [4.69, 9.17) is 4.74 Å². The first-order valence-electron chi connectivity index (χ1n) is 8.02. The maximum Gasteiger partial charge on any atom is 0.410 e. The molecule has 0 spiro atoms. The number of thiazole rings is 1. The summed E-state index contributed by atoms with van der Waals surface area (Å²) >= 11 is 1.64. The van der Waals surface area contributed by atoms with Crippen LogP contribution in [0.4, 0.5) is 4.79 Å². The smallest absolute Gasteiger partial charge is 0.410 e. The van der Waals surface area contributed by atoms with Crippen molar-refractivity contribution in [2.75, 3.05) is 19.6 Å². The van der Waals surface area contributed by atoms with E-state index in [9.17, 15) is 4.79 Å². The van der Waals surface area contributed by atoms with E-state index in [0.717, 1.165) is 51.0 Å². The molecular formula is C16H27N3O2S. The van der Waals surface area contributed by atoms with E-state index in [2.05, 4.69) is 15.7 Å². The van der Waals surface area contributed by atoms with Gasteiger partial charge in [-0.3, -0.25) is 0 Å². The minimum absolute atomic E-state index is 0.185. The number of ether oxygens (including phenoxy) is 1. The fourth-order valence-corrected chi connectivity index (χ4v) is 3.17. The van der Waals surface area contributed by atoms with E-state index in [0.29, 0.717) is 6.04 Å². The highest BCUT2D eigenvalue weighted by Crippen LogP contribution is 2.15. The molecule has 1 aliphatic rings. The largest absolute Gasteiger partial charge is 0.444 e. The van der Waals surface area contributed by atoms with Gasteiger partial charge in [0.1, 0.15) is 5.60 Å². The Hall–Kier alpha value is -1.14. The van der Waals surface area contributed by atoms with E-state index in [1.807, 2.05) is 31.2 Å². The molecule has 124 valence electrons. The molecule has 1 aromatic heterocycles. The molecular weight excluding hydrogens is 298 g/mol. The van der Waals surface area contributed by atoms with Gasteiger partial charge in [0.15, 0.2) is 0 Å². The second-order valence-electron chi connectivity index (χ2n) is 6.78. The maximum absolute atomic E-state index is 12.1. The zero-order valence-electron chi connectivity index (χ0n) is 13.8. The molecule has 1 aromatic rings. The van der Waals surface area contributed by atoms with E-state index in [-0.39, 0.29) is 6.09 Å². The SMILES string of the molecule is CC(C)(C)OC(=O)N1CCCC(NCCc2cscn2)CC1. The van der Waals surface area contributed by atoms with Crippen LogP contribution in [0.1, 0.15) is 45.7 Å². The normalized spacial score (nSPS) is 19.8. The van der Waals surface area contributed by atoms with Crippen molar-refractivity contribution < 1.29 is 9.53 Å². The van der Waals surface area contributed by atoms with Gasteiger partial charge in [-0.1, -0.05) is 0 Å². The lowest BCUT2D eigenvalue weighted by molar-refractivity contribution is 0.0256. The Kier molecular flexibility index (Phi) is 6.20. The van der Waals surface area contributed by atoms with E-state index < -0.39 is 5.60 Å². The molecule has 0 aromatic carbocycles. The molecule has 1 atom stereocenters. The van der Waals surface area contributed by atoms with Gasteiger partial charge >= 0.3 is 6.09 Å². The maximum atomic E-state index is 12.1. The lowest BCUT2D eigenvalue weighted by atomic mass is 10.1. The third kappa shape index (κ3) is 5.93. The minimum Gasteiger partial charge on any atom is -0.444 e. The van der Waals surface area contributed by atoms with Gasteiger partial charge < -0.3 is 15.0 Å². The van der Waals surface area contributed by atoms with E-state index >= 15 is 0 Å². The molecule has 1 N–H and O–H groups in total. The van der Waals surface area contributed by atoms with Gasteiger partial charge in [-0.25, -0.2) is 9.78 Å². The second kappa shape index (κ2) is 7.92. The van der Waals surface area contributed by atoms with Gasteiger partial charge in [-0.2, -0.15) is 0 Å². The topological polar surface area (TPSA) is 54.5 Å². The fourth-order valence-electron chi connectivity index (χ4n) is 2.57. The Morgan fingerprint density at radius 3 is 2.95 bits per heavy atom. The molecule has 0 radical (unpaired) electrons. The van der Waals surface area contributed by atoms with Crippen molar-refractivity contribution in [3.05, 3.63) is 16.6 Å². The molecule has 2 rings (SSSR count). The number of likely N-dealkylation sites (tertiary alicyclic amines) is 1. The minimum atomic E-state index is -0.422. The molecule has 0 saturated carbocycles. The van der Waals surface area contributed by atoms with Crippen LogP contribution in [0, 0.1) is 0 Å². The number of rotatable bonds is 4. The standard InChI is InChI=1S/C16H27N3O2S/c1-16(2,3)21-15(20)19-9-4-5-13(7-10-19)17-8-6-14-11-22-12-18-14/h11-13,17H,4-10H2,1-3H3. The van der Waals surface area contributed by atoms with Crippen LogP contribution < -0.4 is 5.32 Å². The second-order valence-corrected chi connectivity index (χ2v) is 7.50. The van der Waals surface area contributed by atoms with Crippen molar-refractivity contribution in [2.45, 2.75) is 58.1 Å². The number of carbonyl (C=O) groups is 1. The van der Waals surface area contributed by atoms with Crippen LogP contribution in [-0.4, -0.2) is 47.3 Å². The van der Waals surface area contributed by atoms with Crippen molar-refractivity contribution in [2.24, 2.45) is 0 Å². The van der Waals surface area contributed by atoms with Crippen molar-refractivity contribution in [1.82, 2.24) is 15.2 Å². The van der Waals surface area contributed by atoms with Crippen LogP contribution in [-0.2, 0) is 11.2 Å². The first-order chi connectivity index (χ1) is 10.4. The highest BCUT2D eigenvalue weighted by Gasteiger charge is 2.24. The quantitative estimate of drug-likeness (QED) is 0.924. The molecule has 0 aliphatic carbocycles. The molecule has 5 nitrogen and oxygen atoms in total. The highest BCUT2D eigenvalue weighted by molar-refractivity contribution is 7.07. The van der Waals surface area contributed by atoms with Crippen molar-refractivity contribution in [3.63, 3.8) is 0 Å². The van der Waals surface area contributed by atoms with Crippen molar-refractivity contribution in [3.8, 4) is 0 Å². The lowest BCUT2D eigenvalue weighted by Crippen LogP contribution is -2.38. The average molecular weight is 325 g/mol. The molecule has 1 saturated heterocycles. The molecule has 0 bridgehead atoms. The summed E-state index contributed by atoms with van der Waals surface area (Å²) in [5.74, 6) is 0. The zero-order valence-corrected chi connectivity index (χ0v) is 14.6. The summed E-state index contributed by atoms with van der Waals surface area (Å²) in [6.45, 7) is 8.23. The lowest BCUT2D eigenvalue weighted by Gasteiger charge is -2.26. The molecule has 1 amide bonds. The average Bonchev–Trinajstić information content (AvgIpc) is 2.81. The molecule has 1 unspecified atom stereocenters. The van der Waals surface area contributed by atoms with Crippen LogP contribution in [0.2, 0.25) is 0 Å². The Morgan fingerprint density at radius 1 is 1.45 bits per heavy atom. The van der Waals surface area contributed by atoms with Gasteiger partial charge in [-0.15, -0.1) is 11.3 Å². The number of amides is 1. The van der Waals surface area contributed by atoms with Crippen LogP contribution >= 0.6 is 11.3 Å². The summed E-state index contributed by atoms with van der Waals surface area (Å²) in [5, 5.41) is 5.69. The summed E-state index contributed by atoms with van der Waals surface area (Å²) in [7, 11) is 0. The van der Waals surface area contributed by atoms with Crippen LogP contribution in [0.15, 0.2) is 10.9 Å². The zero-order chi connectivity index (χ0) is 16.0. The third-order valence-electron chi connectivity index (χ3n) is 3.68. The Bertz CT molecular complexity index is 456. The van der Waals surface area contributed by atoms with Crippen molar-refractivity contribution in [1.29, 1.82) is 0 Å². The number of nitrogens with one attached hydrogen (secondary N) is 1. The number of carbonyl (C=O) groups excluding carboxylic acids is 1. The number of hydrogen-bond acceptors (Lipinski definition) is 5. The Labute approximate surface area is 137 Å². The first-order valence-corrected chi connectivity index (χ1v) is 8.97. The Morgan fingerprint density at radius 2 is 2.27 bits per heavy atom. The van der Waals surface area contributed by atoms with Gasteiger partial charge in [0, 0.05) is 37.5 Å². The van der Waals surface area contributed by atoms with Gasteiger partial charge in [0.25, 0.3) is 0 Å². The predicted octanol–water partition coefficient (Wildman–Crippen LogP) is 3.06. The summed E-state index contributed by atoms with van der Waals surface area (Å²) in [6, 6.07) is 0.478. The number of aromatic nitrogens is 1. The molecule has 1 fully saturated rings. The molecule has 22 heavy (non-hydrogen) atoms. The van der Waals surface area contributed by atoms with Gasteiger partial charge in [-0.05, 0) is 40.0 Å². The monoisotopic (exact) mass is 325 g/mol. The fraction of sp³-hybridized carbons (Fsp3) is 0.750. The van der Waals surface area contributed by atoms with Crippen LogP contribution in [0.5, 0.6) is 0 Å². The summed E-state index contributed by atoms with van der Waals surface area (Å²) < 4.78 is 5.46. The summed E-state index contributed by atoms with van der Waals surface area (Å²) in [5.41, 5.74) is 2.61. The molecule has 6 heteroatoms. The summed E-state index contributed by atoms with van der Waals surface area (Å²) in [6.07, 6.45) is 3.89. The van der Waals surface area contributed by atoms with Crippen molar-refractivity contribution >= 4 is 17.4 Å².